The van der Waals surface area contributed by atoms with E-state index in [2.05, 4.69) is 5.32 Å². The molecule has 0 fully saturated rings. The first-order valence-electron chi connectivity index (χ1n) is 9.26. The van der Waals surface area contributed by atoms with Crippen LogP contribution in [0.5, 0.6) is 5.75 Å². The molecule has 0 radical (unpaired) electrons. The van der Waals surface area contributed by atoms with Gasteiger partial charge in [0.15, 0.2) is 6.10 Å². The molecule has 0 aromatic heterocycles. The maximum atomic E-state index is 14.3. The molecule has 0 aliphatic heterocycles. The number of halogens is 3. The van der Waals surface area contributed by atoms with Gasteiger partial charge in [0.05, 0.1) is 7.11 Å². The molecule has 0 heterocycles. The van der Waals surface area contributed by atoms with Crippen LogP contribution >= 0.6 is 0 Å². The lowest BCUT2D eigenvalue weighted by molar-refractivity contribution is -0.134. The van der Waals surface area contributed by atoms with Crippen molar-refractivity contribution in [3.8, 4) is 5.75 Å². The molecule has 11 heteroatoms. The fraction of sp³-hybridized carbons (Fsp3) is 0.286. The van der Waals surface area contributed by atoms with E-state index in [-0.39, 0.29) is 23.5 Å². The van der Waals surface area contributed by atoms with Crippen molar-refractivity contribution in [1.29, 1.82) is 5.41 Å². The number of nitrogen functional groups attached to an aromatic ring is 1. The van der Waals surface area contributed by atoms with Crippen LogP contribution in [-0.2, 0) is 20.9 Å². The van der Waals surface area contributed by atoms with E-state index < -0.39 is 53.4 Å². The Morgan fingerprint density at radius 1 is 1.16 bits per heavy atom. The third-order valence-corrected chi connectivity index (χ3v) is 3.95. The number of nitrogens with one attached hydrogen (secondary N) is 2. The first-order chi connectivity index (χ1) is 15.0. The molecule has 0 bridgehead atoms. The van der Waals surface area contributed by atoms with Crippen molar-refractivity contribution in [3.63, 3.8) is 0 Å². The minimum atomic E-state index is -1.31. The van der Waals surface area contributed by atoms with E-state index in [4.69, 9.17) is 30.5 Å². The number of hydrogen-bond acceptors (Lipinski definition) is 5. The first-order valence-corrected chi connectivity index (χ1v) is 9.26. The molecule has 2 rings (SSSR count). The number of methoxy groups -OCH3 is 1. The molecule has 2 aromatic carbocycles. The molecule has 2 aromatic rings. The molecule has 1 unspecified atom stereocenters. The van der Waals surface area contributed by atoms with Crippen LogP contribution in [0.1, 0.15) is 36.6 Å². The number of nitrogens with two attached hydrogens (primary N) is 1. The van der Waals surface area contributed by atoms with E-state index in [0.717, 1.165) is 25.1 Å². The first kappa shape index (κ1) is 26.4. The zero-order chi connectivity index (χ0) is 24.4. The zero-order valence-corrected chi connectivity index (χ0v) is 17.7. The summed E-state index contributed by atoms with van der Waals surface area (Å²) in [5.74, 6) is -4.45. The summed E-state index contributed by atoms with van der Waals surface area (Å²) in [6, 6.07) is 5.72. The number of rotatable bonds is 8. The lowest BCUT2D eigenvalue weighted by Crippen LogP contribution is -2.31. The fourth-order valence-corrected chi connectivity index (χ4v) is 2.52. The van der Waals surface area contributed by atoms with Crippen molar-refractivity contribution in [2.24, 2.45) is 5.73 Å². The van der Waals surface area contributed by atoms with Crippen LogP contribution < -0.4 is 15.8 Å². The predicted octanol–water partition coefficient (Wildman–Crippen LogP) is 2.88. The summed E-state index contributed by atoms with van der Waals surface area (Å²) in [5, 5.41) is 17.0. The molecule has 174 valence electrons. The molecule has 0 spiro atoms. The second-order valence-electron chi connectivity index (χ2n) is 6.29. The van der Waals surface area contributed by atoms with Crippen LogP contribution in [0.4, 0.5) is 13.2 Å². The SMILES string of the molecule is CC(=O)O.CCOC(C(=O)NCc1c(F)cc(C(=N)N)cc1F)c1ccc(OC)cc1F. The highest BCUT2D eigenvalue weighted by atomic mass is 19.1. The van der Waals surface area contributed by atoms with Crippen LogP contribution in [0.2, 0.25) is 0 Å². The average Bonchev–Trinajstić information content (AvgIpc) is 2.70. The number of carbonyl (C=O) groups excluding carboxylic acids is 1. The summed E-state index contributed by atoms with van der Waals surface area (Å²) in [7, 11) is 1.38. The van der Waals surface area contributed by atoms with E-state index >= 15 is 0 Å². The topological polar surface area (TPSA) is 135 Å². The molecule has 0 saturated heterocycles. The van der Waals surface area contributed by atoms with E-state index in [1.54, 1.807) is 6.92 Å². The standard InChI is InChI=1S/C19H20F3N3O3.C2H4O2/c1-3-28-17(12-5-4-11(27-2)8-16(12)22)19(26)25-9-13-14(20)6-10(18(23)24)7-15(13)21;1-2(3)4/h4-8,17H,3,9H2,1-2H3,(H3,23,24)(H,25,26);1H3,(H,3,4). The molecule has 0 aliphatic rings. The van der Waals surface area contributed by atoms with E-state index in [9.17, 15) is 18.0 Å². The molecular formula is C21H24F3N3O5. The normalized spacial score (nSPS) is 11.1. The highest BCUT2D eigenvalue weighted by Crippen LogP contribution is 2.25. The molecule has 1 amide bonds. The van der Waals surface area contributed by atoms with E-state index in [0.29, 0.717) is 0 Å². The van der Waals surface area contributed by atoms with Gasteiger partial charge in [0.2, 0.25) is 0 Å². The van der Waals surface area contributed by atoms with Crippen molar-refractivity contribution >= 4 is 17.7 Å². The van der Waals surface area contributed by atoms with Gasteiger partial charge in [-0.2, -0.15) is 0 Å². The van der Waals surface area contributed by atoms with E-state index in [1.165, 1.54) is 19.2 Å². The van der Waals surface area contributed by atoms with Gasteiger partial charge in [0.1, 0.15) is 29.0 Å². The highest BCUT2D eigenvalue weighted by molar-refractivity contribution is 5.95. The number of aliphatic carboxylic acids is 1. The molecule has 5 N–H and O–H groups in total. The van der Waals surface area contributed by atoms with Crippen molar-refractivity contribution in [3.05, 3.63) is 64.5 Å². The molecular weight excluding hydrogens is 431 g/mol. The minimum absolute atomic E-state index is 0.0342. The summed E-state index contributed by atoms with van der Waals surface area (Å²) in [5.41, 5.74) is 4.65. The summed E-state index contributed by atoms with van der Waals surface area (Å²) < 4.78 is 52.7. The van der Waals surface area contributed by atoms with Gasteiger partial charge in [-0.1, -0.05) is 0 Å². The Morgan fingerprint density at radius 3 is 2.16 bits per heavy atom. The Balaban J connectivity index is 0.00000118. The van der Waals surface area contributed by atoms with Gasteiger partial charge < -0.3 is 25.6 Å². The van der Waals surface area contributed by atoms with Gasteiger partial charge in [-0.05, 0) is 31.2 Å². The number of carbonyl (C=O) groups is 2. The van der Waals surface area contributed by atoms with Crippen LogP contribution in [0.25, 0.3) is 0 Å². The number of amidine groups is 1. The van der Waals surface area contributed by atoms with Gasteiger partial charge >= 0.3 is 0 Å². The Morgan fingerprint density at radius 2 is 1.72 bits per heavy atom. The monoisotopic (exact) mass is 455 g/mol. The zero-order valence-electron chi connectivity index (χ0n) is 17.7. The number of amides is 1. The molecule has 8 nitrogen and oxygen atoms in total. The average molecular weight is 455 g/mol. The van der Waals surface area contributed by atoms with Crippen LogP contribution in [0.3, 0.4) is 0 Å². The predicted molar refractivity (Wildman–Crippen MR) is 110 cm³/mol. The minimum Gasteiger partial charge on any atom is -0.497 e. The Kier molecular flexibility index (Phi) is 10.2. The maximum absolute atomic E-state index is 14.3. The summed E-state index contributed by atoms with van der Waals surface area (Å²) in [6.45, 7) is 2.33. The lowest BCUT2D eigenvalue weighted by Gasteiger charge is -2.18. The third-order valence-electron chi connectivity index (χ3n) is 3.95. The Bertz CT molecular complexity index is 958. The van der Waals surface area contributed by atoms with Crippen molar-refractivity contribution in [1.82, 2.24) is 5.32 Å². The second kappa shape index (κ2) is 12.3. The van der Waals surface area contributed by atoms with Gasteiger partial charge in [-0.15, -0.1) is 0 Å². The lowest BCUT2D eigenvalue weighted by atomic mass is 10.1. The number of benzene rings is 2. The van der Waals surface area contributed by atoms with Crippen LogP contribution in [-0.4, -0.2) is 36.5 Å². The van der Waals surface area contributed by atoms with Gasteiger partial charge in [0.25, 0.3) is 11.9 Å². The van der Waals surface area contributed by atoms with Crippen molar-refractivity contribution in [2.45, 2.75) is 26.5 Å². The maximum Gasteiger partial charge on any atom is 0.300 e. The third kappa shape index (κ3) is 7.58. The van der Waals surface area contributed by atoms with Gasteiger partial charge in [-0.25, -0.2) is 13.2 Å². The molecule has 0 saturated carbocycles. The molecule has 1 atom stereocenters. The second-order valence-corrected chi connectivity index (χ2v) is 6.29. The quantitative estimate of drug-likeness (QED) is 0.357. The molecule has 32 heavy (non-hydrogen) atoms. The number of hydrogen-bond donors (Lipinski definition) is 4. The van der Waals surface area contributed by atoms with Crippen LogP contribution in [0, 0.1) is 22.9 Å². The number of ether oxygens (including phenoxy) is 2. The summed E-state index contributed by atoms with van der Waals surface area (Å²) in [6.07, 6.45) is -1.31. The summed E-state index contributed by atoms with van der Waals surface area (Å²) >= 11 is 0. The fourth-order valence-electron chi connectivity index (χ4n) is 2.52. The van der Waals surface area contributed by atoms with Crippen molar-refractivity contribution in [2.75, 3.05) is 13.7 Å². The van der Waals surface area contributed by atoms with Crippen molar-refractivity contribution < 1.29 is 37.3 Å². The van der Waals surface area contributed by atoms with Crippen LogP contribution in [0.15, 0.2) is 30.3 Å². The van der Waals surface area contributed by atoms with Gasteiger partial charge in [-0.3, -0.25) is 15.0 Å². The van der Waals surface area contributed by atoms with Gasteiger partial charge in [0, 0.05) is 42.8 Å². The highest BCUT2D eigenvalue weighted by Gasteiger charge is 2.25. The Labute approximate surface area is 182 Å². The molecule has 0 aliphatic carbocycles. The number of carboxylic acid groups (broad SMARTS) is 1. The largest absolute Gasteiger partial charge is 0.497 e. The van der Waals surface area contributed by atoms with E-state index in [1.807, 2.05) is 0 Å². The summed E-state index contributed by atoms with van der Waals surface area (Å²) in [4.78, 5) is 21.5. The Hall–Kier alpha value is -3.60. The smallest absolute Gasteiger partial charge is 0.300 e. The number of carboxylic acids is 1.